The topological polar surface area (TPSA) is 66.8 Å². The maximum absolute atomic E-state index is 11.5. The standard InChI is InChI=1S/C14H23NO4/c1-13(2)8-10(9-14(3,4)15(13)5)19-12(18)7-6-11(16)17/h6-7,10H,8-9H2,1-5H3,(H,16,17). The second kappa shape index (κ2) is 5.33. The third kappa shape index (κ3) is 4.06. The average Bonchev–Trinajstić information content (AvgIpc) is 2.22. The third-order valence-electron chi connectivity index (χ3n) is 3.92. The van der Waals surface area contributed by atoms with Crippen molar-refractivity contribution in [3.05, 3.63) is 12.2 Å². The summed E-state index contributed by atoms with van der Waals surface area (Å²) < 4.78 is 5.35. The number of piperidine rings is 1. The van der Waals surface area contributed by atoms with E-state index in [0.29, 0.717) is 0 Å². The number of carboxylic acids is 1. The van der Waals surface area contributed by atoms with Gasteiger partial charge < -0.3 is 9.84 Å². The molecule has 108 valence electrons. The molecule has 1 aliphatic heterocycles. The Kier molecular flexibility index (Phi) is 4.40. The molecule has 0 aromatic heterocycles. The number of hydrogen-bond donors (Lipinski definition) is 1. The molecule has 0 aliphatic carbocycles. The van der Waals surface area contributed by atoms with Crippen LogP contribution in [-0.4, -0.2) is 46.2 Å². The lowest BCUT2D eigenvalue weighted by molar-refractivity contribution is -0.153. The van der Waals surface area contributed by atoms with Crippen molar-refractivity contribution in [2.24, 2.45) is 0 Å². The fourth-order valence-electron chi connectivity index (χ4n) is 2.71. The lowest BCUT2D eigenvalue weighted by atomic mass is 9.79. The minimum atomic E-state index is -1.15. The van der Waals surface area contributed by atoms with Crippen LogP contribution < -0.4 is 0 Å². The third-order valence-corrected chi connectivity index (χ3v) is 3.92. The van der Waals surface area contributed by atoms with Crippen molar-refractivity contribution in [2.75, 3.05) is 7.05 Å². The van der Waals surface area contributed by atoms with Crippen LogP contribution in [0, 0.1) is 0 Å². The molecule has 0 spiro atoms. The first kappa shape index (κ1) is 15.7. The number of nitrogens with zero attached hydrogens (tertiary/aromatic N) is 1. The smallest absolute Gasteiger partial charge is 0.331 e. The molecule has 0 saturated carbocycles. The largest absolute Gasteiger partial charge is 0.478 e. The molecule has 0 aromatic rings. The summed E-state index contributed by atoms with van der Waals surface area (Å²) in [6.45, 7) is 8.45. The summed E-state index contributed by atoms with van der Waals surface area (Å²) in [6, 6.07) is 0. The van der Waals surface area contributed by atoms with E-state index in [0.717, 1.165) is 25.0 Å². The number of hydrogen-bond acceptors (Lipinski definition) is 4. The SMILES string of the molecule is CN1C(C)(C)CC(OC(=O)C=CC(=O)O)CC1(C)C. The van der Waals surface area contributed by atoms with Gasteiger partial charge in [-0.05, 0) is 34.7 Å². The van der Waals surface area contributed by atoms with E-state index in [1.54, 1.807) is 0 Å². The fourth-order valence-corrected chi connectivity index (χ4v) is 2.71. The van der Waals surface area contributed by atoms with Crippen molar-refractivity contribution in [2.45, 2.75) is 57.7 Å². The lowest BCUT2D eigenvalue weighted by Crippen LogP contribution is -2.60. The van der Waals surface area contributed by atoms with E-state index in [2.05, 4.69) is 39.6 Å². The summed E-state index contributed by atoms with van der Waals surface area (Å²) in [6.07, 6.45) is 3.04. The summed E-state index contributed by atoms with van der Waals surface area (Å²) in [7, 11) is 2.07. The first-order valence-corrected chi connectivity index (χ1v) is 6.40. The molecule has 1 N–H and O–H groups in total. The Balaban J connectivity index is 2.71. The highest BCUT2D eigenvalue weighted by Crippen LogP contribution is 2.38. The fraction of sp³-hybridized carbons (Fsp3) is 0.714. The van der Waals surface area contributed by atoms with Crippen molar-refractivity contribution in [3.8, 4) is 0 Å². The molecule has 1 saturated heterocycles. The molecule has 1 fully saturated rings. The molecule has 0 bridgehead atoms. The van der Waals surface area contributed by atoms with Crippen LogP contribution in [0.25, 0.3) is 0 Å². The number of carboxylic acid groups (broad SMARTS) is 1. The Hall–Kier alpha value is -1.36. The van der Waals surface area contributed by atoms with Gasteiger partial charge in [0.25, 0.3) is 0 Å². The van der Waals surface area contributed by atoms with E-state index >= 15 is 0 Å². The second-order valence-electron chi connectivity index (χ2n) is 6.32. The van der Waals surface area contributed by atoms with Gasteiger partial charge in [0.2, 0.25) is 0 Å². The van der Waals surface area contributed by atoms with E-state index in [-0.39, 0.29) is 17.2 Å². The average molecular weight is 269 g/mol. The van der Waals surface area contributed by atoms with Gasteiger partial charge in [-0.1, -0.05) is 0 Å². The molecular formula is C14H23NO4. The molecule has 19 heavy (non-hydrogen) atoms. The first-order valence-electron chi connectivity index (χ1n) is 6.40. The maximum Gasteiger partial charge on any atom is 0.331 e. The molecule has 5 heteroatoms. The normalized spacial score (nSPS) is 23.4. The monoisotopic (exact) mass is 269 g/mol. The van der Waals surface area contributed by atoms with E-state index < -0.39 is 11.9 Å². The molecule has 0 amide bonds. The number of rotatable bonds is 3. The Bertz CT molecular complexity index is 380. The summed E-state index contributed by atoms with van der Waals surface area (Å²) in [5.41, 5.74) is -0.133. The molecule has 1 heterocycles. The molecule has 5 nitrogen and oxygen atoms in total. The number of ether oxygens (including phenoxy) is 1. The van der Waals surface area contributed by atoms with Crippen molar-refractivity contribution in [1.29, 1.82) is 0 Å². The van der Waals surface area contributed by atoms with Crippen molar-refractivity contribution < 1.29 is 19.4 Å². The lowest BCUT2D eigenvalue weighted by Gasteiger charge is -2.53. The summed E-state index contributed by atoms with van der Waals surface area (Å²) in [5, 5.41) is 8.47. The number of esters is 1. The number of likely N-dealkylation sites (tertiary alicyclic amines) is 1. The molecule has 1 rings (SSSR count). The summed E-state index contributed by atoms with van der Waals surface area (Å²) >= 11 is 0. The highest BCUT2D eigenvalue weighted by Gasteiger charge is 2.44. The molecule has 0 unspecified atom stereocenters. The minimum Gasteiger partial charge on any atom is -0.478 e. The van der Waals surface area contributed by atoms with Gasteiger partial charge in [0.1, 0.15) is 6.10 Å². The van der Waals surface area contributed by atoms with Gasteiger partial charge in [-0.3, -0.25) is 4.90 Å². The molecule has 0 atom stereocenters. The highest BCUT2D eigenvalue weighted by molar-refractivity contribution is 5.90. The molecular weight excluding hydrogens is 246 g/mol. The Morgan fingerprint density at radius 1 is 1.16 bits per heavy atom. The van der Waals surface area contributed by atoms with Crippen LogP contribution in [-0.2, 0) is 14.3 Å². The van der Waals surface area contributed by atoms with Gasteiger partial charge in [0, 0.05) is 36.1 Å². The van der Waals surface area contributed by atoms with Gasteiger partial charge in [0.05, 0.1) is 0 Å². The van der Waals surface area contributed by atoms with Crippen LogP contribution >= 0.6 is 0 Å². The number of carbonyl (C=O) groups excluding carboxylic acids is 1. The Morgan fingerprint density at radius 3 is 2.05 bits per heavy atom. The van der Waals surface area contributed by atoms with Crippen LogP contribution in [0.1, 0.15) is 40.5 Å². The van der Waals surface area contributed by atoms with E-state index in [9.17, 15) is 9.59 Å². The van der Waals surface area contributed by atoms with E-state index in [4.69, 9.17) is 9.84 Å². The van der Waals surface area contributed by atoms with Crippen LogP contribution in [0.15, 0.2) is 12.2 Å². The first-order chi connectivity index (χ1) is 8.54. The Labute approximate surface area is 114 Å². The molecule has 0 aromatic carbocycles. The highest BCUT2D eigenvalue weighted by atomic mass is 16.5. The van der Waals surface area contributed by atoms with Gasteiger partial charge >= 0.3 is 11.9 Å². The van der Waals surface area contributed by atoms with Gasteiger partial charge in [-0.25, -0.2) is 9.59 Å². The maximum atomic E-state index is 11.5. The predicted molar refractivity (Wildman–Crippen MR) is 71.8 cm³/mol. The quantitative estimate of drug-likeness (QED) is 0.625. The number of carbonyl (C=O) groups is 2. The van der Waals surface area contributed by atoms with Crippen molar-refractivity contribution in [1.82, 2.24) is 4.90 Å². The zero-order valence-corrected chi connectivity index (χ0v) is 12.3. The van der Waals surface area contributed by atoms with Crippen LogP contribution in [0.5, 0.6) is 0 Å². The van der Waals surface area contributed by atoms with Crippen LogP contribution in [0.4, 0.5) is 0 Å². The second-order valence-corrected chi connectivity index (χ2v) is 6.32. The number of aliphatic carboxylic acids is 1. The van der Waals surface area contributed by atoms with Crippen molar-refractivity contribution >= 4 is 11.9 Å². The summed E-state index contributed by atoms with van der Waals surface area (Å²) in [4.78, 5) is 24.2. The predicted octanol–water partition coefficient (Wildman–Crippen LogP) is 1.82. The van der Waals surface area contributed by atoms with E-state index in [1.807, 2.05) is 0 Å². The zero-order valence-electron chi connectivity index (χ0n) is 12.3. The van der Waals surface area contributed by atoms with Gasteiger partial charge in [-0.2, -0.15) is 0 Å². The van der Waals surface area contributed by atoms with Crippen LogP contribution in [0.2, 0.25) is 0 Å². The molecule has 0 radical (unpaired) electrons. The summed E-state index contributed by atoms with van der Waals surface area (Å²) in [5.74, 6) is -1.75. The minimum absolute atomic E-state index is 0.0663. The Morgan fingerprint density at radius 2 is 1.63 bits per heavy atom. The van der Waals surface area contributed by atoms with Crippen molar-refractivity contribution in [3.63, 3.8) is 0 Å². The van der Waals surface area contributed by atoms with Gasteiger partial charge in [0.15, 0.2) is 0 Å². The van der Waals surface area contributed by atoms with Gasteiger partial charge in [-0.15, -0.1) is 0 Å². The van der Waals surface area contributed by atoms with Crippen LogP contribution in [0.3, 0.4) is 0 Å². The molecule has 1 aliphatic rings. The zero-order chi connectivity index (χ0) is 14.8. The van der Waals surface area contributed by atoms with E-state index in [1.165, 1.54) is 0 Å².